The Morgan fingerprint density at radius 1 is 1.33 bits per heavy atom. The second-order valence-electron chi connectivity index (χ2n) is 6.09. The number of piperidine rings is 1. The fraction of sp³-hybridized carbons (Fsp3) is 0.846. The lowest BCUT2D eigenvalue weighted by Gasteiger charge is -2.51. The minimum absolute atomic E-state index is 0.0221. The molecule has 2 heterocycles. The highest BCUT2D eigenvalue weighted by atomic mass is 16.3. The molecule has 0 aromatic rings. The van der Waals surface area contributed by atoms with Crippen LogP contribution in [-0.4, -0.2) is 59.5 Å². The van der Waals surface area contributed by atoms with Crippen LogP contribution in [0.25, 0.3) is 0 Å². The van der Waals surface area contributed by atoms with Gasteiger partial charge in [0.1, 0.15) is 0 Å². The molecule has 1 spiro atoms. The van der Waals surface area contributed by atoms with Gasteiger partial charge in [0, 0.05) is 32.6 Å². The maximum atomic E-state index is 12.1. The van der Waals surface area contributed by atoms with Gasteiger partial charge in [-0.05, 0) is 25.7 Å². The van der Waals surface area contributed by atoms with E-state index in [1.165, 1.54) is 0 Å². The van der Waals surface area contributed by atoms with E-state index in [1.54, 1.807) is 4.90 Å². The van der Waals surface area contributed by atoms with Crippen molar-refractivity contribution in [2.45, 2.75) is 31.8 Å². The Kier molecular flexibility index (Phi) is 2.62. The van der Waals surface area contributed by atoms with Gasteiger partial charge in [-0.25, -0.2) is 0 Å². The molecule has 2 aliphatic heterocycles. The number of hydrogen-bond donors (Lipinski definition) is 1. The van der Waals surface area contributed by atoms with Crippen molar-refractivity contribution in [1.82, 2.24) is 9.80 Å². The lowest BCUT2D eigenvalue weighted by molar-refractivity contribution is -0.166. The molecule has 5 heteroatoms. The van der Waals surface area contributed by atoms with Crippen LogP contribution < -0.4 is 0 Å². The Labute approximate surface area is 107 Å². The predicted molar refractivity (Wildman–Crippen MR) is 64.6 cm³/mol. The van der Waals surface area contributed by atoms with Crippen LogP contribution in [0.4, 0.5) is 0 Å². The third-order valence-electron chi connectivity index (χ3n) is 4.83. The summed E-state index contributed by atoms with van der Waals surface area (Å²) >= 11 is 0. The summed E-state index contributed by atoms with van der Waals surface area (Å²) in [4.78, 5) is 27.6. The van der Waals surface area contributed by atoms with Crippen LogP contribution in [-0.2, 0) is 9.59 Å². The van der Waals surface area contributed by atoms with Crippen molar-refractivity contribution >= 4 is 11.8 Å². The fourth-order valence-corrected chi connectivity index (χ4v) is 3.48. The molecule has 18 heavy (non-hydrogen) atoms. The smallest absolute Gasteiger partial charge is 0.230 e. The number of β-lactam (4-membered cyclic amide) rings is 1. The largest absolute Gasteiger partial charge is 0.393 e. The summed E-state index contributed by atoms with van der Waals surface area (Å²) in [6.45, 7) is 2.24. The Bertz CT molecular complexity index is 382. The van der Waals surface area contributed by atoms with Crippen molar-refractivity contribution in [2.75, 3.05) is 26.7 Å². The number of aliphatic hydroxyl groups excluding tert-OH is 1. The van der Waals surface area contributed by atoms with Crippen molar-refractivity contribution in [2.24, 2.45) is 11.3 Å². The number of carbonyl (C=O) groups is 2. The summed E-state index contributed by atoms with van der Waals surface area (Å²) < 4.78 is 0. The molecule has 3 fully saturated rings. The van der Waals surface area contributed by atoms with E-state index in [4.69, 9.17) is 0 Å². The van der Waals surface area contributed by atoms with Crippen molar-refractivity contribution in [3.05, 3.63) is 0 Å². The van der Waals surface area contributed by atoms with Gasteiger partial charge in [0.2, 0.25) is 11.8 Å². The molecule has 0 aromatic heterocycles. The molecule has 0 aromatic carbocycles. The van der Waals surface area contributed by atoms with Crippen LogP contribution in [0, 0.1) is 11.3 Å². The number of nitrogens with zero attached hydrogens (tertiary/aromatic N) is 2. The van der Waals surface area contributed by atoms with Crippen molar-refractivity contribution in [1.29, 1.82) is 0 Å². The van der Waals surface area contributed by atoms with Gasteiger partial charge < -0.3 is 14.9 Å². The summed E-state index contributed by atoms with van der Waals surface area (Å²) in [5, 5.41) is 9.24. The van der Waals surface area contributed by atoms with Crippen molar-refractivity contribution in [3.63, 3.8) is 0 Å². The zero-order valence-electron chi connectivity index (χ0n) is 10.8. The first kappa shape index (κ1) is 12.0. The second kappa shape index (κ2) is 3.95. The van der Waals surface area contributed by atoms with Gasteiger partial charge in [-0.1, -0.05) is 0 Å². The molecule has 0 atom stereocenters. The summed E-state index contributed by atoms with van der Waals surface area (Å²) in [6, 6.07) is 0. The quantitative estimate of drug-likeness (QED) is 0.660. The van der Waals surface area contributed by atoms with Crippen molar-refractivity contribution in [3.8, 4) is 0 Å². The van der Waals surface area contributed by atoms with E-state index < -0.39 is 0 Å². The van der Waals surface area contributed by atoms with Crippen LogP contribution in [0.2, 0.25) is 0 Å². The maximum Gasteiger partial charge on any atom is 0.230 e. The standard InChI is InChI=1S/C13H20N2O3/c1-14-8-13(12(14)18)2-4-15(5-3-13)11(17)9-6-10(16)7-9/h9-10,16H,2-8H2,1H3. The first-order valence-corrected chi connectivity index (χ1v) is 6.74. The molecule has 100 valence electrons. The predicted octanol–water partition coefficient (Wildman–Crippen LogP) is -0.162. The summed E-state index contributed by atoms with van der Waals surface area (Å²) in [5.41, 5.74) is -0.162. The molecule has 0 bridgehead atoms. The van der Waals surface area contributed by atoms with Crippen molar-refractivity contribution < 1.29 is 14.7 Å². The molecule has 1 aliphatic carbocycles. The number of aliphatic hydroxyl groups is 1. The van der Waals surface area contributed by atoms with Gasteiger partial charge >= 0.3 is 0 Å². The van der Waals surface area contributed by atoms with Gasteiger partial charge in [-0.2, -0.15) is 0 Å². The van der Waals surface area contributed by atoms with E-state index in [9.17, 15) is 14.7 Å². The minimum atomic E-state index is -0.281. The van der Waals surface area contributed by atoms with E-state index in [1.807, 2.05) is 11.9 Å². The van der Waals surface area contributed by atoms with Crippen LogP contribution >= 0.6 is 0 Å². The van der Waals surface area contributed by atoms with E-state index in [0.29, 0.717) is 25.9 Å². The Morgan fingerprint density at radius 2 is 1.94 bits per heavy atom. The van der Waals surface area contributed by atoms with Crippen LogP contribution in [0.1, 0.15) is 25.7 Å². The third-order valence-corrected chi connectivity index (χ3v) is 4.83. The average molecular weight is 252 g/mol. The highest BCUT2D eigenvalue weighted by molar-refractivity contribution is 5.89. The van der Waals surface area contributed by atoms with E-state index in [-0.39, 0.29) is 29.3 Å². The lowest BCUT2D eigenvalue weighted by atomic mass is 9.71. The molecule has 3 rings (SSSR count). The van der Waals surface area contributed by atoms with Gasteiger partial charge in [-0.15, -0.1) is 0 Å². The highest BCUT2D eigenvalue weighted by Crippen LogP contribution is 2.41. The molecule has 1 saturated carbocycles. The molecule has 0 unspecified atom stereocenters. The topological polar surface area (TPSA) is 60.9 Å². The molecule has 5 nitrogen and oxygen atoms in total. The van der Waals surface area contributed by atoms with Crippen LogP contribution in [0.15, 0.2) is 0 Å². The van der Waals surface area contributed by atoms with Gasteiger partial charge in [0.15, 0.2) is 0 Å². The molecule has 0 radical (unpaired) electrons. The van der Waals surface area contributed by atoms with Gasteiger partial charge in [0.05, 0.1) is 11.5 Å². The Balaban J connectivity index is 1.54. The highest BCUT2D eigenvalue weighted by Gasteiger charge is 2.52. The number of hydrogen-bond acceptors (Lipinski definition) is 3. The summed E-state index contributed by atoms with van der Waals surface area (Å²) in [5.74, 6) is 0.442. The molecular formula is C13H20N2O3. The Morgan fingerprint density at radius 3 is 2.39 bits per heavy atom. The monoisotopic (exact) mass is 252 g/mol. The average Bonchev–Trinajstić information content (AvgIpc) is 2.35. The number of likely N-dealkylation sites (tertiary alicyclic amines) is 2. The van der Waals surface area contributed by atoms with E-state index in [2.05, 4.69) is 0 Å². The van der Waals surface area contributed by atoms with Gasteiger partial charge in [-0.3, -0.25) is 9.59 Å². The van der Waals surface area contributed by atoms with E-state index >= 15 is 0 Å². The van der Waals surface area contributed by atoms with Crippen LogP contribution in [0.5, 0.6) is 0 Å². The molecule has 3 aliphatic rings. The first-order valence-electron chi connectivity index (χ1n) is 6.74. The molecular weight excluding hydrogens is 232 g/mol. The molecule has 2 saturated heterocycles. The fourth-order valence-electron chi connectivity index (χ4n) is 3.48. The number of rotatable bonds is 1. The van der Waals surface area contributed by atoms with Crippen LogP contribution in [0.3, 0.4) is 0 Å². The lowest BCUT2D eigenvalue weighted by Crippen LogP contribution is -2.63. The van der Waals surface area contributed by atoms with Gasteiger partial charge in [0.25, 0.3) is 0 Å². The molecule has 2 amide bonds. The molecule has 1 N–H and O–H groups in total. The number of amides is 2. The number of carbonyl (C=O) groups excluding carboxylic acids is 2. The zero-order valence-corrected chi connectivity index (χ0v) is 10.8. The second-order valence-corrected chi connectivity index (χ2v) is 6.09. The first-order chi connectivity index (χ1) is 8.52. The SMILES string of the molecule is CN1CC2(CCN(C(=O)C3CC(O)C3)CC2)C1=O. The third kappa shape index (κ3) is 1.64. The summed E-state index contributed by atoms with van der Waals surface area (Å²) in [6.07, 6.45) is 2.55. The Hall–Kier alpha value is -1.10. The summed E-state index contributed by atoms with van der Waals surface area (Å²) in [7, 11) is 1.83. The minimum Gasteiger partial charge on any atom is -0.393 e. The normalized spacial score (nSPS) is 34.2. The maximum absolute atomic E-state index is 12.1. The van der Waals surface area contributed by atoms with E-state index in [0.717, 1.165) is 19.4 Å². The zero-order chi connectivity index (χ0) is 12.9.